The van der Waals surface area contributed by atoms with Crippen molar-refractivity contribution in [1.29, 1.82) is 0 Å². The molecule has 0 bridgehead atoms. The van der Waals surface area contributed by atoms with Crippen LogP contribution in [0.4, 0.5) is 0 Å². The predicted octanol–water partition coefficient (Wildman–Crippen LogP) is 2.84. The zero-order valence-electron chi connectivity index (χ0n) is 13.2. The molecule has 7 heteroatoms. The first-order valence-electron chi connectivity index (χ1n) is 7.09. The van der Waals surface area contributed by atoms with Crippen molar-refractivity contribution in [2.45, 2.75) is 32.2 Å². The Hall–Kier alpha value is -2.28. The number of rotatable bonds is 8. The number of aryl methyl sites for hydroxylation is 2. The number of aromatic nitrogens is 3. The molecule has 0 aliphatic heterocycles. The Morgan fingerprint density at radius 1 is 1.43 bits per heavy atom. The summed E-state index contributed by atoms with van der Waals surface area (Å²) in [5.41, 5.74) is 2.17. The van der Waals surface area contributed by atoms with Crippen LogP contribution in [0.15, 0.2) is 36.0 Å². The van der Waals surface area contributed by atoms with Gasteiger partial charge in [0, 0.05) is 6.54 Å². The van der Waals surface area contributed by atoms with Crippen LogP contribution < -0.4 is 4.74 Å². The van der Waals surface area contributed by atoms with Gasteiger partial charge in [0.2, 0.25) is 0 Å². The van der Waals surface area contributed by atoms with Gasteiger partial charge in [-0.15, -0.1) is 16.8 Å². The van der Waals surface area contributed by atoms with Crippen molar-refractivity contribution in [3.63, 3.8) is 0 Å². The van der Waals surface area contributed by atoms with Crippen molar-refractivity contribution >= 4 is 17.7 Å². The number of hydrogen-bond acceptors (Lipinski definition) is 5. The summed E-state index contributed by atoms with van der Waals surface area (Å²) in [4.78, 5) is 10.7. The maximum Gasteiger partial charge on any atom is 0.313 e. The molecule has 1 heterocycles. The van der Waals surface area contributed by atoms with Gasteiger partial charge in [-0.05, 0) is 31.0 Å². The lowest BCUT2D eigenvalue weighted by molar-refractivity contribution is -0.133. The second-order valence-electron chi connectivity index (χ2n) is 5.04. The van der Waals surface area contributed by atoms with Gasteiger partial charge in [0.25, 0.3) is 0 Å². The van der Waals surface area contributed by atoms with Gasteiger partial charge in [-0.1, -0.05) is 30.0 Å². The van der Waals surface area contributed by atoms with Crippen molar-refractivity contribution < 1.29 is 14.6 Å². The molecule has 0 saturated carbocycles. The number of carboxylic acid groups (broad SMARTS) is 1. The molecule has 23 heavy (non-hydrogen) atoms. The average Bonchev–Trinajstić information content (AvgIpc) is 2.89. The van der Waals surface area contributed by atoms with E-state index in [1.165, 1.54) is 0 Å². The Balaban J connectivity index is 2.14. The molecule has 0 amide bonds. The lowest BCUT2D eigenvalue weighted by atomic mass is 10.1. The van der Waals surface area contributed by atoms with Crippen molar-refractivity contribution in [3.8, 4) is 5.75 Å². The number of allylic oxidation sites excluding steroid dienone is 1. The van der Waals surface area contributed by atoms with Crippen LogP contribution in [0.2, 0.25) is 0 Å². The molecule has 2 rings (SSSR count). The fraction of sp³-hybridized carbons (Fsp3) is 0.312. The highest BCUT2D eigenvalue weighted by atomic mass is 32.2. The van der Waals surface area contributed by atoms with Crippen LogP contribution in [-0.4, -0.2) is 31.6 Å². The standard InChI is InChI=1S/C16H19N3O3S/c1-4-7-19-14(17-18-16(19)23-10-15(20)21)9-22-13-8-11(2)5-6-12(13)3/h4-6,8H,1,7,9-10H2,2-3H3,(H,20,21). The Bertz CT molecular complexity index is 713. The highest BCUT2D eigenvalue weighted by Gasteiger charge is 2.14. The van der Waals surface area contributed by atoms with E-state index < -0.39 is 5.97 Å². The monoisotopic (exact) mass is 333 g/mol. The largest absolute Gasteiger partial charge is 0.485 e. The maximum atomic E-state index is 10.7. The fourth-order valence-corrected chi connectivity index (χ4v) is 2.66. The molecule has 0 aliphatic carbocycles. The lowest BCUT2D eigenvalue weighted by Gasteiger charge is -2.11. The maximum absolute atomic E-state index is 10.7. The number of aliphatic carboxylic acids is 1. The highest BCUT2D eigenvalue weighted by molar-refractivity contribution is 7.99. The minimum atomic E-state index is -0.892. The predicted molar refractivity (Wildman–Crippen MR) is 88.8 cm³/mol. The van der Waals surface area contributed by atoms with E-state index in [1.54, 1.807) is 6.08 Å². The summed E-state index contributed by atoms with van der Waals surface area (Å²) in [6.45, 7) is 8.47. The number of carbonyl (C=O) groups is 1. The van der Waals surface area contributed by atoms with Crippen LogP contribution in [0, 0.1) is 13.8 Å². The summed E-state index contributed by atoms with van der Waals surface area (Å²) in [7, 11) is 0. The molecule has 0 spiro atoms. The molecule has 0 radical (unpaired) electrons. The topological polar surface area (TPSA) is 77.2 Å². The van der Waals surface area contributed by atoms with Crippen LogP contribution in [0.5, 0.6) is 5.75 Å². The van der Waals surface area contributed by atoms with Gasteiger partial charge < -0.3 is 9.84 Å². The van der Waals surface area contributed by atoms with Gasteiger partial charge >= 0.3 is 5.97 Å². The number of thioether (sulfide) groups is 1. The van der Waals surface area contributed by atoms with Crippen LogP contribution in [0.1, 0.15) is 17.0 Å². The number of hydrogen-bond donors (Lipinski definition) is 1. The van der Waals surface area contributed by atoms with E-state index >= 15 is 0 Å². The smallest absolute Gasteiger partial charge is 0.313 e. The van der Waals surface area contributed by atoms with Gasteiger partial charge in [-0.25, -0.2) is 0 Å². The summed E-state index contributed by atoms with van der Waals surface area (Å²) in [5, 5.41) is 17.5. The summed E-state index contributed by atoms with van der Waals surface area (Å²) >= 11 is 1.13. The second kappa shape index (κ2) is 7.82. The third-order valence-electron chi connectivity index (χ3n) is 3.13. The molecule has 0 aliphatic rings. The Kier molecular flexibility index (Phi) is 5.81. The third-order valence-corrected chi connectivity index (χ3v) is 4.08. The number of ether oxygens (including phenoxy) is 1. The van der Waals surface area contributed by atoms with Crippen LogP contribution in [-0.2, 0) is 17.9 Å². The normalized spacial score (nSPS) is 10.5. The molecular formula is C16H19N3O3S. The third kappa shape index (κ3) is 4.59. The molecule has 6 nitrogen and oxygen atoms in total. The van der Waals surface area contributed by atoms with E-state index in [0.29, 0.717) is 17.5 Å². The zero-order valence-corrected chi connectivity index (χ0v) is 14.0. The Labute approximate surface area is 139 Å². The highest BCUT2D eigenvalue weighted by Crippen LogP contribution is 2.22. The average molecular weight is 333 g/mol. The lowest BCUT2D eigenvalue weighted by Crippen LogP contribution is -2.09. The van der Waals surface area contributed by atoms with E-state index in [1.807, 2.05) is 36.6 Å². The van der Waals surface area contributed by atoms with E-state index in [2.05, 4.69) is 16.8 Å². The summed E-state index contributed by atoms with van der Waals surface area (Å²) < 4.78 is 7.66. The van der Waals surface area contributed by atoms with Crippen molar-refractivity contribution in [2.75, 3.05) is 5.75 Å². The number of benzene rings is 1. The van der Waals surface area contributed by atoms with Crippen molar-refractivity contribution in [1.82, 2.24) is 14.8 Å². The zero-order chi connectivity index (χ0) is 16.8. The van der Waals surface area contributed by atoms with Gasteiger partial charge in [0.05, 0.1) is 5.75 Å². The molecule has 1 N–H and O–H groups in total. The minimum absolute atomic E-state index is 0.0624. The quantitative estimate of drug-likeness (QED) is 0.591. The Morgan fingerprint density at radius 2 is 2.22 bits per heavy atom. The van der Waals surface area contributed by atoms with E-state index in [9.17, 15) is 4.79 Å². The molecule has 122 valence electrons. The summed E-state index contributed by atoms with van der Waals surface area (Å²) in [6.07, 6.45) is 1.72. The molecule has 0 saturated heterocycles. The van der Waals surface area contributed by atoms with Crippen molar-refractivity contribution in [2.24, 2.45) is 0 Å². The SMILES string of the molecule is C=CCn1c(COc2cc(C)ccc2C)nnc1SCC(=O)O. The molecule has 0 unspecified atom stereocenters. The Morgan fingerprint density at radius 3 is 2.91 bits per heavy atom. The van der Waals surface area contributed by atoms with Gasteiger partial charge in [-0.3, -0.25) is 9.36 Å². The van der Waals surface area contributed by atoms with E-state index in [4.69, 9.17) is 9.84 Å². The van der Waals surface area contributed by atoms with E-state index in [0.717, 1.165) is 28.6 Å². The summed E-state index contributed by atoms with van der Waals surface area (Å²) in [5.74, 6) is 0.487. The van der Waals surface area contributed by atoms with E-state index in [-0.39, 0.29) is 12.4 Å². The first kappa shape index (κ1) is 17.1. The first-order chi connectivity index (χ1) is 11.0. The molecule has 0 fully saturated rings. The van der Waals surface area contributed by atoms with Crippen LogP contribution in [0.25, 0.3) is 0 Å². The second-order valence-corrected chi connectivity index (χ2v) is 5.98. The van der Waals surface area contributed by atoms with Crippen LogP contribution in [0.3, 0.4) is 0 Å². The number of carboxylic acids is 1. The molecular weight excluding hydrogens is 314 g/mol. The molecule has 2 aromatic rings. The minimum Gasteiger partial charge on any atom is -0.485 e. The molecule has 0 atom stereocenters. The van der Waals surface area contributed by atoms with Gasteiger partial charge in [0.15, 0.2) is 11.0 Å². The first-order valence-corrected chi connectivity index (χ1v) is 8.07. The van der Waals surface area contributed by atoms with Crippen molar-refractivity contribution in [3.05, 3.63) is 47.8 Å². The molecule has 1 aromatic carbocycles. The van der Waals surface area contributed by atoms with Crippen LogP contribution >= 0.6 is 11.8 Å². The van der Waals surface area contributed by atoms with Gasteiger partial charge in [0.1, 0.15) is 12.4 Å². The number of nitrogens with zero attached hydrogens (tertiary/aromatic N) is 3. The molecule has 1 aromatic heterocycles. The van der Waals surface area contributed by atoms with Gasteiger partial charge in [-0.2, -0.15) is 0 Å². The fourth-order valence-electron chi connectivity index (χ4n) is 1.98. The summed E-state index contributed by atoms with van der Waals surface area (Å²) in [6, 6.07) is 6.01.